The summed E-state index contributed by atoms with van der Waals surface area (Å²) < 4.78 is 12.7. The molecule has 1 aliphatic heterocycles. The molecule has 0 unspecified atom stereocenters. The number of methoxy groups -OCH3 is 2. The molecule has 134 valence electrons. The molecule has 0 aliphatic carbocycles. The van der Waals surface area contributed by atoms with Gasteiger partial charge in [-0.2, -0.15) is 0 Å². The fraction of sp³-hybridized carbons (Fsp3) is 0.474. The molecule has 0 atom stereocenters. The molecular weight excluding hydrogens is 318 g/mol. The highest BCUT2D eigenvalue weighted by Crippen LogP contribution is 2.27. The summed E-state index contributed by atoms with van der Waals surface area (Å²) in [6, 6.07) is 7.67. The van der Waals surface area contributed by atoms with Gasteiger partial charge in [-0.3, -0.25) is 4.79 Å². The van der Waals surface area contributed by atoms with Crippen molar-refractivity contribution < 1.29 is 14.3 Å². The summed E-state index contributed by atoms with van der Waals surface area (Å²) in [4.78, 5) is 19.1. The summed E-state index contributed by atoms with van der Waals surface area (Å²) in [6.07, 6.45) is 3.74. The summed E-state index contributed by atoms with van der Waals surface area (Å²) in [7, 11) is 3.31. The Kier molecular flexibility index (Phi) is 5.38. The lowest BCUT2D eigenvalue weighted by atomic mass is 10.0. The van der Waals surface area contributed by atoms with Crippen LogP contribution in [0.25, 0.3) is 0 Å². The smallest absolute Gasteiger partial charge is 0.253 e. The molecule has 0 radical (unpaired) electrons. The molecule has 1 aliphatic rings. The molecule has 1 saturated heterocycles. The van der Waals surface area contributed by atoms with Gasteiger partial charge in [-0.15, -0.1) is 0 Å². The highest BCUT2D eigenvalue weighted by atomic mass is 16.5. The average Bonchev–Trinajstić information content (AvgIpc) is 3.02. The molecule has 3 rings (SSSR count). The fourth-order valence-electron chi connectivity index (χ4n) is 3.47. The predicted octanol–water partition coefficient (Wildman–Crippen LogP) is 2.82. The minimum absolute atomic E-state index is 0.0839. The Morgan fingerprint density at radius 2 is 1.88 bits per heavy atom. The van der Waals surface area contributed by atoms with E-state index in [0.29, 0.717) is 18.2 Å². The van der Waals surface area contributed by atoms with Crippen LogP contribution in [0.1, 0.15) is 40.8 Å². The van der Waals surface area contributed by atoms with Gasteiger partial charge in [-0.1, -0.05) is 0 Å². The number of carbonyl (C=O) groups is 1. The van der Waals surface area contributed by atoms with E-state index in [0.717, 1.165) is 43.2 Å². The highest BCUT2D eigenvalue weighted by molar-refractivity contribution is 5.94. The fourth-order valence-corrected chi connectivity index (χ4v) is 3.47. The lowest BCUT2D eigenvalue weighted by Crippen LogP contribution is -2.39. The quantitative estimate of drug-likeness (QED) is 0.838. The number of hydrogen-bond donors (Lipinski definition) is 0. The number of hydrogen-bond acceptors (Lipinski definition) is 4. The third-order valence-electron chi connectivity index (χ3n) is 4.79. The first kappa shape index (κ1) is 17.5. The van der Waals surface area contributed by atoms with Crippen molar-refractivity contribution in [2.45, 2.75) is 32.4 Å². The summed E-state index contributed by atoms with van der Waals surface area (Å²) in [5.74, 6) is 1.80. The van der Waals surface area contributed by atoms with Crippen molar-refractivity contribution >= 4 is 5.91 Å². The molecule has 0 bridgehead atoms. The first-order chi connectivity index (χ1) is 12.1. The van der Waals surface area contributed by atoms with Crippen LogP contribution in [0, 0.1) is 6.92 Å². The number of piperidine rings is 1. The molecular formula is C19H25N3O3. The zero-order valence-corrected chi connectivity index (χ0v) is 15.1. The second-order valence-electron chi connectivity index (χ2n) is 6.37. The molecule has 1 amide bonds. The maximum Gasteiger partial charge on any atom is 0.253 e. The van der Waals surface area contributed by atoms with Crippen LogP contribution in [0.2, 0.25) is 0 Å². The molecule has 25 heavy (non-hydrogen) atoms. The Balaban J connectivity index is 1.65. The number of carbonyl (C=O) groups excluding carboxylic acids is 1. The van der Waals surface area contributed by atoms with Gasteiger partial charge in [0.15, 0.2) is 0 Å². The number of aromatic nitrogens is 2. The molecule has 1 aromatic heterocycles. The van der Waals surface area contributed by atoms with Crippen LogP contribution >= 0.6 is 0 Å². The van der Waals surface area contributed by atoms with Crippen LogP contribution in [-0.4, -0.2) is 47.7 Å². The number of likely N-dealkylation sites (tertiary alicyclic amines) is 1. The zero-order valence-electron chi connectivity index (χ0n) is 15.1. The van der Waals surface area contributed by atoms with Crippen molar-refractivity contribution in [2.75, 3.05) is 27.3 Å². The molecule has 6 nitrogen and oxygen atoms in total. The maximum absolute atomic E-state index is 12.7. The third kappa shape index (κ3) is 3.69. The topological polar surface area (TPSA) is 56.6 Å². The van der Waals surface area contributed by atoms with E-state index >= 15 is 0 Å². The van der Waals surface area contributed by atoms with Crippen molar-refractivity contribution in [3.05, 3.63) is 47.5 Å². The van der Waals surface area contributed by atoms with Crippen molar-refractivity contribution in [3.8, 4) is 5.75 Å². The van der Waals surface area contributed by atoms with Gasteiger partial charge in [0.25, 0.3) is 5.91 Å². The van der Waals surface area contributed by atoms with Gasteiger partial charge in [0.1, 0.15) is 18.2 Å². The largest absolute Gasteiger partial charge is 0.497 e. The van der Waals surface area contributed by atoms with Gasteiger partial charge in [0, 0.05) is 43.7 Å². The molecule has 2 aromatic rings. The molecule has 0 spiro atoms. The third-order valence-corrected chi connectivity index (χ3v) is 4.79. The number of ether oxygens (including phenoxy) is 2. The number of nitrogens with zero attached hydrogens (tertiary/aromatic N) is 3. The van der Waals surface area contributed by atoms with E-state index in [2.05, 4.69) is 16.5 Å². The Morgan fingerprint density at radius 1 is 1.20 bits per heavy atom. The minimum Gasteiger partial charge on any atom is -0.497 e. The first-order valence-corrected chi connectivity index (χ1v) is 8.59. The molecule has 1 aromatic carbocycles. The van der Waals surface area contributed by atoms with Gasteiger partial charge < -0.3 is 18.9 Å². The van der Waals surface area contributed by atoms with Crippen LogP contribution in [0.15, 0.2) is 30.5 Å². The van der Waals surface area contributed by atoms with E-state index < -0.39 is 0 Å². The maximum atomic E-state index is 12.7. The first-order valence-electron chi connectivity index (χ1n) is 8.59. The molecule has 2 heterocycles. The van der Waals surface area contributed by atoms with E-state index in [9.17, 15) is 4.79 Å². The zero-order chi connectivity index (χ0) is 17.8. The number of benzene rings is 1. The molecule has 0 N–H and O–H groups in total. The van der Waals surface area contributed by atoms with Gasteiger partial charge in [-0.05, 0) is 44.0 Å². The van der Waals surface area contributed by atoms with Crippen LogP contribution in [-0.2, 0) is 11.3 Å². The number of amides is 1. The number of imidazole rings is 1. The van der Waals surface area contributed by atoms with E-state index in [1.807, 2.05) is 35.4 Å². The summed E-state index contributed by atoms with van der Waals surface area (Å²) in [6.45, 7) is 4.08. The SMILES string of the molecule is COCc1ncc(C)n1C1CCN(C(=O)c2ccc(OC)cc2)CC1. The molecule has 1 fully saturated rings. The number of rotatable bonds is 5. The lowest BCUT2D eigenvalue weighted by molar-refractivity contribution is 0.0690. The van der Waals surface area contributed by atoms with Crippen molar-refractivity contribution in [2.24, 2.45) is 0 Å². The second kappa shape index (κ2) is 7.70. The standard InChI is InChI=1S/C19H25N3O3/c1-14-12-20-18(13-24-2)22(14)16-8-10-21(11-9-16)19(23)15-4-6-17(25-3)7-5-15/h4-7,12,16H,8-11,13H2,1-3H3. The van der Waals surface area contributed by atoms with Crippen LogP contribution < -0.4 is 4.74 Å². The Morgan fingerprint density at radius 3 is 2.48 bits per heavy atom. The normalized spacial score (nSPS) is 15.4. The summed E-state index contributed by atoms with van der Waals surface area (Å²) >= 11 is 0. The Bertz CT molecular complexity index is 716. The van der Waals surface area contributed by atoms with Gasteiger partial charge in [0.05, 0.1) is 7.11 Å². The average molecular weight is 343 g/mol. The van der Waals surface area contributed by atoms with E-state index in [4.69, 9.17) is 9.47 Å². The highest BCUT2D eigenvalue weighted by Gasteiger charge is 2.26. The van der Waals surface area contributed by atoms with Crippen LogP contribution in [0.4, 0.5) is 0 Å². The molecule has 0 saturated carbocycles. The summed E-state index contributed by atoms with van der Waals surface area (Å²) in [5, 5.41) is 0. The monoisotopic (exact) mass is 343 g/mol. The van der Waals surface area contributed by atoms with E-state index in [1.165, 1.54) is 0 Å². The Hall–Kier alpha value is -2.34. The van der Waals surface area contributed by atoms with E-state index in [-0.39, 0.29) is 5.91 Å². The van der Waals surface area contributed by atoms with E-state index in [1.54, 1.807) is 14.2 Å². The molecule has 6 heteroatoms. The van der Waals surface area contributed by atoms with Crippen LogP contribution in [0.3, 0.4) is 0 Å². The van der Waals surface area contributed by atoms with Gasteiger partial charge in [-0.25, -0.2) is 4.98 Å². The predicted molar refractivity (Wildman–Crippen MR) is 94.8 cm³/mol. The lowest BCUT2D eigenvalue weighted by Gasteiger charge is -2.34. The minimum atomic E-state index is 0.0839. The van der Waals surface area contributed by atoms with Gasteiger partial charge in [0.2, 0.25) is 0 Å². The Labute approximate surface area is 148 Å². The van der Waals surface area contributed by atoms with Crippen LogP contribution in [0.5, 0.6) is 5.75 Å². The van der Waals surface area contributed by atoms with Crippen molar-refractivity contribution in [1.82, 2.24) is 14.5 Å². The number of aryl methyl sites for hydroxylation is 1. The summed E-state index contributed by atoms with van der Waals surface area (Å²) in [5.41, 5.74) is 1.85. The second-order valence-corrected chi connectivity index (χ2v) is 6.37. The van der Waals surface area contributed by atoms with Gasteiger partial charge >= 0.3 is 0 Å². The van der Waals surface area contributed by atoms with Crippen molar-refractivity contribution in [3.63, 3.8) is 0 Å². The van der Waals surface area contributed by atoms with Crippen molar-refractivity contribution in [1.29, 1.82) is 0 Å².